The molecule has 2 heteroatoms. The van der Waals surface area contributed by atoms with E-state index in [1.54, 1.807) is 5.06 Å². The molecular weight excluding hydrogens is 246 g/mol. The van der Waals surface area contributed by atoms with Crippen LogP contribution in [0.4, 0.5) is 0 Å². The van der Waals surface area contributed by atoms with Gasteiger partial charge in [-0.05, 0) is 18.6 Å². The second-order valence-corrected chi connectivity index (χ2v) is 4.32. The Kier molecular flexibility index (Phi) is 4.11. The molecule has 98 valence electrons. The Morgan fingerprint density at radius 1 is 1.25 bits per heavy atom. The summed E-state index contributed by atoms with van der Waals surface area (Å²) in [6, 6.07) is 9.92. The van der Waals surface area contributed by atoms with Crippen molar-refractivity contribution >= 4 is 5.70 Å². The Morgan fingerprint density at radius 3 is 2.55 bits per heavy atom. The molecule has 0 fully saturated rings. The molecule has 0 unspecified atom stereocenters. The van der Waals surface area contributed by atoms with Crippen molar-refractivity contribution in [2.75, 3.05) is 6.61 Å². The number of rotatable bonds is 3. The SMILES string of the molecule is C#CCON1C(=C)C(C#C)=CC(C)=C1c1ccccc1. The summed E-state index contributed by atoms with van der Waals surface area (Å²) in [5.41, 5.74) is 4.25. The third kappa shape index (κ3) is 2.52. The van der Waals surface area contributed by atoms with Crippen LogP contribution in [0.25, 0.3) is 5.70 Å². The molecule has 1 heterocycles. The van der Waals surface area contributed by atoms with E-state index in [0.717, 1.165) is 16.8 Å². The Hall–Kier alpha value is -2.68. The molecule has 0 aromatic heterocycles. The van der Waals surface area contributed by atoms with Crippen molar-refractivity contribution in [1.29, 1.82) is 0 Å². The monoisotopic (exact) mass is 261 g/mol. The molecule has 0 saturated heterocycles. The van der Waals surface area contributed by atoms with Crippen molar-refractivity contribution in [2.24, 2.45) is 0 Å². The van der Waals surface area contributed by atoms with E-state index < -0.39 is 0 Å². The summed E-state index contributed by atoms with van der Waals surface area (Å²) in [5, 5.41) is 1.62. The fourth-order valence-corrected chi connectivity index (χ4v) is 2.08. The largest absolute Gasteiger partial charge is 0.256 e. The van der Waals surface area contributed by atoms with Crippen molar-refractivity contribution in [1.82, 2.24) is 5.06 Å². The molecule has 2 rings (SSSR count). The van der Waals surface area contributed by atoms with Crippen molar-refractivity contribution in [3.8, 4) is 24.7 Å². The molecule has 20 heavy (non-hydrogen) atoms. The van der Waals surface area contributed by atoms with Crippen LogP contribution >= 0.6 is 0 Å². The molecule has 0 atom stereocenters. The van der Waals surface area contributed by atoms with Gasteiger partial charge >= 0.3 is 0 Å². The first-order chi connectivity index (χ1) is 9.69. The second-order valence-electron chi connectivity index (χ2n) is 4.32. The van der Waals surface area contributed by atoms with Gasteiger partial charge < -0.3 is 0 Å². The van der Waals surface area contributed by atoms with E-state index in [1.165, 1.54) is 0 Å². The quantitative estimate of drug-likeness (QED) is 0.773. The summed E-state index contributed by atoms with van der Waals surface area (Å²) >= 11 is 0. The molecule has 0 spiro atoms. The van der Waals surface area contributed by atoms with Crippen LogP contribution in [-0.4, -0.2) is 11.7 Å². The van der Waals surface area contributed by atoms with Crippen LogP contribution in [-0.2, 0) is 4.84 Å². The summed E-state index contributed by atoms with van der Waals surface area (Å²) < 4.78 is 0. The summed E-state index contributed by atoms with van der Waals surface area (Å²) in [6.07, 6.45) is 12.7. The highest BCUT2D eigenvalue weighted by Crippen LogP contribution is 2.34. The minimum atomic E-state index is 0.153. The van der Waals surface area contributed by atoms with Gasteiger partial charge in [-0.15, -0.1) is 12.8 Å². The van der Waals surface area contributed by atoms with Gasteiger partial charge in [-0.3, -0.25) is 4.84 Å². The molecular formula is C18H15NO. The predicted molar refractivity (Wildman–Crippen MR) is 81.7 cm³/mol. The van der Waals surface area contributed by atoms with E-state index in [-0.39, 0.29) is 6.61 Å². The van der Waals surface area contributed by atoms with Crippen molar-refractivity contribution < 1.29 is 4.84 Å². The van der Waals surface area contributed by atoms with Crippen LogP contribution in [0.1, 0.15) is 12.5 Å². The summed E-state index contributed by atoms with van der Waals surface area (Å²) in [6.45, 7) is 6.14. The van der Waals surface area contributed by atoms with Crippen molar-refractivity contribution in [3.63, 3.8) is 0 Å². The smallest absolute Gasteiger partial charge is 0.136 e. The average molecular weight is 261 g/mol. The van der Waals surface area contributed by atoms with Crippen LogP contribution in [0.3, 0.4) is 0 Å². The van der Waals surface area contributed by atoms with Crippen LogP contribution in [0.15, 0.2) is 59.8 Å². The van der Waals surface area contributed by atoms with E-state index in [4.69, 9.17) is 17.7 Å². The normalized spacial score (nSPS) is 14.7. The predicted octanol–water partition coefficient (Wildman–Crippen LogP) is 3.37. The van der Waals surface area contributed by atoms with E-state index in [9.17, 15) is 0 Å². The third-order valence-electron chi connectivity index (χ3n) is 2.97. The standard InChI is InChI=1S/C18H15NO/c1-5-12-20-19-15(4)16(6-2)13-14(3)18(19)17-10-8-7-9-11-17/h1-2,7-11,13H,4,12H2,3H3. The van der Waals surface area contributed by atoms with Crippen molar-refractivity contribution in [2.45, 2.75) is 6.92 Å². The van der Waals surface area contributed by atoms with Gasteiger partial charge in [-0.25, -0.2) is 5.06 Å². The second kappa shape index (κ2) is 5.97. The zero-order valence-electron chi connectivity index (χ0n) is 11.4. The third-order valence-corrected chi connectivity index (χ3v) is 2.97. The zero-order chi connectivity index (χ0) is 14.5. The van der Waals surface area contributed by atoms with Gasteiger partial charge in [0.1, 0.15) is 6.61 Å². The lowest BCUT2D eigenvalue weighted by molar-refractivity contribution is -0.0622. The number of hydrogen-bond acceptors (Lipinski definition) is 2. The minimum absolute atomic E-state index is 0.153. The Labute approximate surface area is 120 Å². The van der Waals surface area contributed by atoms with Gasteiger partial charge in [0.2, 0.25) is 0 Å². The fraction of sp³-hybridized carbons (Fsp3) is 0.111. The lowest BCUT2D eigenvalue weighted by atomic mass is 9.99. The van der Waals surface area contributed by atoms with Gasteiger partial charge in [-0.1, -0.05) is 48.8 Å². The van der Waals surface area contributed by atoms with Gasteiger partial charge in [-0.2, -0.15) is 0 Å². The first-order valence-electron chi connectivity index (χ1n) is 6.19. The maximum absolute atomic E-state index is 5.62. The molecule has 0 radical (unpaired) electrons. The molecule has 0 bridgehead atoms. The Bertz CT molecular complexity index is 666. The van der Waals surface area contributed by atoms with Gasteiger partial charge in [0.15, 0.2) is 0 Å². The number of allylic oxidation sites excluding steroid dienone is 3. The molecule has 1 aliphatic rings. The van der Waals surface area contributed by atoms with Crippen LogP contribution < -0.4 is 0 Å². The summed E-state index contributed by atoms with van der Waals surface area (Å²) in [5.74, 6) is 5.07. The van der Waals surface area contributed by atoms with Gasteiger partial charge in [0.25, 0.3) is 0 Å². The molecule has 0 saturated carbocycles. The lowest BCUT2D eigenvalue weighted by Crippen LogP contribution is -2.26. The van der Waals surface area contributed by atoms with Gasteiger partial charge in [0.05, 0.1) is 17.0 Å². The number of hydroxylamine groups is 2. The maximum Gasteiger partial charge on any atom is 0.136 e. The van der Waals surface area contributed by atoms with Gasteiger partial charge in [0, 0.05) is 5.56 Å². The number of terminal acetylenes is 2. The zero-order valence-corrected chi connectivity index (χ0v) is 11.4. The minimum Gasteiger partial charge on any atom is -0.256 e. The highest BCUT2D eigenvalue weighted by molar-refractivity contribution is 5.74. The Balaban J connectivity index is 2.53. The number of benzene rings is 1. The molecule has 1 aliphatic heterocycles. The molecule has 2 nitrogen and oxygen atoms in total. The van der Waals surface area contributed by atoms with Crippen LogP contribution in [0.5, 0.6) is 0 Å². The maximum atomic E-state index is 5.62. The molecule has 1 aromatic rings. The summed E-state index contributed by atoms with van der Waals surface area (Å²) in [4.78, 5) is 5.62. The first-order valence-corrected chi connectivity index (χ1v) is 6.19. The first kappa shape index (κ1) is 13.7. The molecule has 0 N–H and O–H groups in total. The van der Waals surface area contributed by atoms with E-state index in [0.29, 0.717) is 11.3 Å². The van der Waals surface area contributed by atoms with Crippen LogP contribution in [0.2, 0.25) is 0 Å². The number of nitrogens with zero attached hydrogens (tertiary/aromatic N) is 1. The molecule has 0 aliphatic carbocycles. The lowest BCUT2D eigenvalue weighted by Gasteiger charge is -2.32. The molecule has 0 amide bonds. The fourth-order valence-electron chi connectivity index (χ4n) is 2.08. The molecule has 1 aromatic carbocycles. The summed E-state index contributed by atoms with van der Waals surface area (Å²) in [7, 11) is 0. The topological polar surface area (TPSA) is 12.5 Å². The van der Waals surface area contributed by atoms with E-state index in [2.05, 4.69) is 18.4 Å². The highest BCUT2D eigenvalue weighted by Gasteiger charge is 2.24. The number of hydrogen-bond donors (Lipinski definition) is 0. The van der Waals surface area contributed by atoms with Crippen LogP contribution in [0, 0.1) is 24.7 Å². The van der Waals surface area contributed by atoms with E-state index >= 15 is 0 Å². The van der Waals surface area contributed by atoms with E-state index in [1.807, 2.05) is 43.3 Å². The van der Waals surface area contributed by atoms with Crippen molar-refractivity contribution in [3.05, 3.63) is 65.4 Å². The average Bonchev–Trinajstić information content (AvgIpc) is 2.48. The highest BCUT2D eigenvalue weighted by atomic mass is 16.7. The Morgan fingerprint density at radius 2 is 1.95 bits per heavy atom.